The van der Waals surface area contributed by atoms with E-state index in [1.54, 1.807) is 7.05 Å². The summed E-state index contributed by atoms with van der Waals surface area (Å²) in [5.74, 6) is 0.790. The molecule has 0 bridgehead atoms. The minimum Gasteiger partial charge on any atom is -0.379 e. The minimum atomic E-state index is 0.598. The zero-order valence-corrected chi connectivity index (χ0v) is 17.5. The summed E-state index contributed by atoms with van der Waals surface area (Å²) in [6.07, 6.45) is 0. The molecule has 0 saturated heterocycles. The van der Waals surface area contributed by atoms with Crippen molar-refractivity contribution in [3.05, 3.63) is 70.3 Å². The number of hydrogen-bond acceptors (Lipinski definition) is 3. The van der Waals surface area contributed by atoms with Crippen LogP contribution in [-0.2, 0) is 29.2 Å². The number of guanidine groups is 1. The molecular formula is C23H33N3O2. The average molecular weight is 384 g/mol. The summed E-state index contributed by atoms with van der Waals surface area (Å²) in [5.41, 5.74) is 6.21. The van der Waals surface area contributed by atoms with Gasteiger partial charge in [0.25, 0.3) is 0 Å². The highest BCUT2D eigenvalue weighted by atomic mass is 16.5. The Morgan fingerprint density at radius 3 is 2.43 bits per heavy atom. The van der Waals surface area contributed by atoms with Gasteiger partial charge in [-0.2, -0.15) is 0 Å². The minimum absolute atomic E-state index is 0.598. The Labute approximate surface area is 169 Å². The van der Waals surface area contributed by atoms with Gasteiger partial charge in [-0.15, -0.1) is 0 Å². The monoisotopic (exact) mass is 383 g/mol. The second-order valence-electron chi connectivity index (χ2n) is 6.78. The Morgan fingerprint density at radius 1 is 0.929 bits per heavy atom. The number of aryl methyl sites for hydroxylation is 2. The van der Waals surface area contributed by atoms with Crippen LogP contribution >= 0.6 is 0 Å². The third kappa shape index (κ3) is 7.71. The third-order valence-corrected chi connectivity index (χ3v) is 4.46. The van der Waals surface area contributed by atoms with Crippen molar-refractivity contribution in [1.82, 2.24) is 10.6 Å². The van der Waals surface area contributed by atoms with Crippen LogP contribution in [0.5, 0.6) is 0 Å². The second kappa shape index (κ2) is 12.2. The number of rotatable bonds is 10. The van der Waals surface area contributed by atoms with E-state index >= 15 is 0 Å². The van der Waals surface area contributed by atoms with Gasteiger partial charge in [-0.1, -0.05) is 48.0 Å². The van der Waals surface area contributed by atoms with Gasteiger partial charge in [0, 0.05) is 26.7 Å². The van der Waals surface area contributed by atoms with Crippen molar-refractivity contribution >= 4 is 5.96 Å². The molecular weight excluding hydrogens is 350 g/mol. The topological polar surface area (TPSA) is 54.9 Å². The maximum atomic E-state index is 5.65. The molecule has 2 aromatic rings. The van der Waals surface area contributed by atoms with Crippen molar-refractivity contribution in [2.75, 3.05) is 26.9 Å². The highest BCUT2D eigenvalue weighted by Crippen LogP contribution is 2.10. The van der Waals surface area contributed by atoms with Crippen LogP contribution in [0.15, 0.2) is 47.5 Å². The average Bonchev–Trinajstić information content (AvgIpc) is 2.69. The van der Waals surface area contributed by atoms with Crippen LogP contribution in [0.2, 0.25) is 0 Å². The Hall–Kier alpha value is -2.37. The molecule has 0 radical (unpaired) electrons. The third-order valence-electron chi connectivity index (χ3n) is 4.46. The van der Waals surface area contributed by atoms with Gasteiger partial charge in [-0.25, -0.2) is 0 Å². The van der Waals surface area contributed by atoms with E-state index in [0.29, 0.717) is 26.4 Å². The molecule has 0 fully saturated rings. The van der Waals surface area contributed by atoms with Crippen molar-refractivity contribution in [3.8, 4) is 0 Å². The molecule has 0 unspecified atom stereocenters. The summed E-state index contributed by atoms with van der Waals surface area (Å²) in [6, 6.07) is 14.9. The standard InChI is InChI=1S/C23H33N3O2/c1-5-27-11-12-28-17-21-8-6-7-20(14-21)15-25-23(24-4)26-16-22-10-9-18(2)13-19(22)3/h6-10,13-14H,5,11-12,15-17H2,1-4H3,(H2,24,25,26). The molecule has 0 aliphatic carbocycles. The molecule has 0 aliphatic rings. The molecule has 5 nitrogen and oxygen atoms in total. The Morgan fingerprint density at radius 2 is 1.68 bits per heavy atom. The van der Waals surface area contributed by atoms with Crippen LogP contribution in [0.3, 0.4) is 0 Å². The van der Waals surface area contributed by atoms with E-state index in [1.165, 1.54) is 22.3 Å². The fourth-order valence-electron chi connectivity index (χ4n) is 2.91. The van der Waals surface area contributed by atoms with E-state index < -0.39 is 0 Å². The summed E-state index contributed by atoms with van der Waals surface area (Å²) >= 11 is 0. The fourth-order valence-corrected chi connectivity index (χ4v) is 2.91. The molecule has 0 aliphatic heterocycles. The first-order chi connectivity index (χ1) is 13.6. The first-order valence-electron chi connectivity index (χ1n) is 9.86. The fraction of sp³-hybridized carbons (Fsp3) is 0.435. The molecule has 2 aromatic carbocycles. The van der Waals surface area contributed by atoms with E-state index in [9.17, 15) is 0 Å². The maximum Gasteiger partial charge on any atom is 0.191 e. The lowest BCUT2D eigenvalue weighted by Gasteiger charge is -2.14. The lowest BCUT2D eigenvalue weighted by Crippen LogP contribution is -2.36. The van der Waals surface area contributed by atoms with Gasteiger partial charge in [0.05, 0.1) is 19.8 Å². The zero-order valence-electron chi connectivity index (χ0n) is 17.5. The normalized spacial score (nSPS) is 11.5. The number of hydrogen-bond donors (Lipinski definition) is 2. The maximum absolute atomic E-state index is 5.65. The van der Waals surface area contributed by atoms with Crippen molar-refractivity contribution in [2.45, 2.75) is 40.5 Å². The lowest BCUT2D eigenvalue weighted by atomic mass is 10.1. The first kappa shape index (κ1) is 21.9. The van der Waals surface area contributed by atoms with Crippen LogP contribution in [0.1, 0.15) is 34.7 Å². The van der Waals surface area contributed by atoms with E-state index in [1.807, 2.05) is 6.92 Å². The van der Waals surface area contributed by atoms with Crippen molar-refractivity contribution < 1.29 is 9.47 Å². The number of nitrogens with one attached hydrogen (secondary N) is 2. The van der Waals surface area contributed by atoms with Gasteiger partial charge >= 0.3 is 0 Å². The van der Waals surface area contributed by atoms with E-state index in [4.69, 9.17) is 9.47 Å². The highest BCUT2D eigenvalue weighted by molar-refractivity contribution is 5.79. The summed E-state index contributed by atoms with van der Waals surface area (Å²) in [6.45, 7) is 10.3. The van der Waals surface area contributed by atoms with Crippen molar-refractivity contribution in [2.24, 2.45) is 4.99 Å². The molecule has 0 spiro atoms. The van der Waals surface area contributed by atoms with Gasteiger partial charge in [-0.3, -0.25) is 4.99 Å². The molecule has 5 heteroatoms. The quantitative estimate of drug-likeness (QED) is 0.373. The number of benzene rings is 2. The molecule has 152 valence electrons. The van der Waals surface area contributed by atoms with Gasteiger partial charge in [-0.05, 0) is 43.0 Å². The Kier molecular flexibility index (Phi) is 9.52. The summed E-state index contributed by atoms with van der Waals surface area (Å²) < 4.78 is 10.9. The molecule has 0 amide bonds. The summed E-state index contributed by atoms with van der Waals surface area (Å²) in [5, 5.41) is 6.76. The SMILES string of the molecule is CCOCCOCc1cccc(CNC(=NC)NCc2ccc(C)cc2C)c1. The van der Waals surface area contributed by atoms with Crippen LogP contribution < -0.4 is 10.6 Å². The molecule has 0 atom stereocenters. The van der Waals surface area contributed by atoms with E-state index in [0.717, 1.165) is 24.7 Å². The molecule has 2 rings (SSSR count). The summed E-state index contributed by atoms with van der Waals surface area (Å²) in [4.78, 5) is 4.32. The first-order valence-corrected chi connectivity index (χ1v) is 9.86. The number of ether oxygens (including phenoxy) is 2. The van der Waals surface area contributed by atoms with E-state index in [-0.39, 0.29) is 0 Å². The van der Waals surface area contributed by atoms with Crippen LogP contribution in [0.25, 0.3) is 0 Å². The zero-order chi connectivity index (χ0) is 20.2. The van der Waals surface area contributed by atoms with Crippen molar-refractivity contribution in [1.29, 1.82) is 0 Å². The van der Waals surface area contributed by atoms with Gasteiger partial charge in [0.1, 0.15) is 0 Å². The highest BCUT2D eigenvalue weighted by Gasteiger charge is 2.03. The molecule has 28 heavy (non-hydrogen) atoms. The second-order valence-corrected chi connectivity index (χ2v) is 6.78. The van der Waals surface area contributed by atoms with Gasteiger partial charge < -0.3 is 20.1 Å². The van der Waals surface area contributed by atoms with Crippen LogP contribution in [0, 0.1) is 13.8 Å². The predicted octanol–water partition coefficient (Wildman–Crippen LogP) is 3.72. The van der Waals surface area contributed by atoms with E-state index in [2.05, 4.69) is 71.9 Å². The largest absolute Gasteiger partial charge is 0.379 e. The molecule has 0 heterocycles. The number of nitrogens with zero attached hydrogens (tertiary/aromatic N) is 1. The molecule has 2 N–H and O–H groups in total. The predicted molar refractivity (Wildman–Crippen MR) is 116 cm³/mol. The van der Waals surface area contributed by atoms with Gasteiger partial charge in [0.2, 0.25) is 0 Å². The molecule has 0 aromatic heterocycles. The van der Waals surface area contributed by atoms with Crippen molar-refractivity contribution in [3.63, 3.8) is 0 Å². The van der Waals surface area contributed by atoms with Crippen LogP contribution in [-0.4, -0.2) is 32.8 Å². The van der Waals surface area contributed by atoms with Gasteiger partial charge in [0.15, 0.2) is 5.96 Å². The molecule has 0 saturated carbocycles. The smallest absolute Gasteiger partial charge is 0.191 e. The lowest BCUT2D eigenvalue weighted by molar-refractivity contribution is 0.0453. The Balaban J connectivity index is 1.80. The van der Waals surface area contributed by atoms with Crippen LogP contribution in [0.4, 0.5) is 0 Å². The summed E-state index contributed by atoms with van der Waals surface area (Å²) in [7, 11) is 1.79. The number of aliphatic imine (C=N–C) groups is 1. The Bertz CT molecular complexity index is 759.